The molecule has 0 atom stereocenters. The molecule has 1 aromatic carbocycles. The van der Waals surface area contributed by atoms with E-state index in [0.29, 0.717) is 18.7 Å². The van der Waals surface area contributed by atoms with Crippen molar-refractivity contribution >= 4 is 21.8 Å². The normalized spacial score (nSPS) is 10.6. The first-order valence-electron chi connectivity index (χ1n) is 6.71. The summed E-state index contributed by atoms with van der Waals surface area (Å²) in [6.07, 6.45) is 2.39. The minimum atomic E-state index is -0.105. The summed E-state index contributed by atoms with van der Waals surface area (Å²) in [4.78, 5) is 12.1. The highest BCUT2D eigenvalue weighted by molar-refractivity contribution is 9.10. The number of nitrogens with zero attached hydrogens (tertiary/aromatic N) is 2. The molecule has 1 N–H and O–H groups in total. The molecule has 0 spiro atoms. The fourth-order valence-corrected chi connectivity index (χ4v) is 2.25. The minimum absolute atomic E-state index is 0.105. The Labute approximate surface area is 132 Å². The Bertz CT molecular complexity index is 608. The largest absolute Gasteiger partial charge is 0.385 e. The Kier molecular flexibility index (Phi) is 5.52. The number of methoxy groups -OCH3 is 1. The summed E-state index contributed by atoms with van der Waals surface area (Å²) >= 11 is 3.40. The number of ether oxygens (including phenoxy) is 1. The van der Waals surface area contributed by atoms with Crippen LogP contribution in [0, 0.1) is 6.92 Å². The molecule has 1 amide bonds. The molecule has 0 radical (unpaired) electrons. The lowest BCUT2D eigenvalue weighted by molar-refractivity contribution is 0.0948. The smallest absolute Gasteiger partial charge is 0.254 e. The number of hydrogen-bond donors (Lipinski definition) is 1. The van der Waals surface area contributed by atoms with E-state index in [2.05, 4.69) is 26.3 Å². The van der Waals surface area contributed by atoms with Crippen molar-refractivity contribution in [3.8, 4) is 5.69 Å². The summed E-state index contributed by atoms with van der Waals surface area (Å²) < 4.78 is 7.72. The summed E-state index contributed by atoms with van der Waals surface area (Å²) in [5.41, 5.74) is 2.34. The van der Waals surface area contributed by atoms with Crippen LogP contribution in [0.2, 0.25) is 0 Å². The maximum absolute atomic E-state index is 12.1. The maximum Gasteiger partial charge on any atom is 0.254 e. The summed E-state index contributed by atoms with van der Waals surface area (Å²) in [5.74, 6) is -0.105. The third kappa shape index (κ3) is 3.92. The molecular weight excluding hydrogens is 334 g/mol. The van der Waals surface area contributed by atoms with Crippen molar-refractivity contribution in [2.24, 2.45) is 0 Å². The molecule has 0 bridgehead atoms. The highest BCUT2D eigenvalue weighted by Gasteiger charge is 2.14. The van der Waals surface area contributed by atoms with Gasteiger partial charge in [0.25, 0.3) is 5.91 Å². The Morgan fingerprint density at radius 3 is 2.76 bits per heavy atom. The van der Waals surface area contributed by atoms with Crippen molar-refractivity contribution in [1.29, 1.82) is 0 Å². The second-order valence-corrected chi connectivity index (χ2v) is 5.55. The molecular formula is C15H18BrN3O2. The molecule has 1 heterocycles. The average molecular weight is 352 g/mol. The zero-order valence-corrected chi connectivity index (χ0v) is 13.7. The molecule has 2 aromatic rings. The number of carbonyl (C=O) groups excluding carboxylic acids is 1. The topological polar surface area (TPSA) is 56.1 Å². The quantitative estimate of drug-likeness (QED) is 0.814. The van der Waals surface area contributed by atoms with E-state index in [1.54, 1.807) is 18.0 Å². The van der Waals surface area contributed by atoms with Gasteiger partial charge in [-0.05, 0) is 37.6 Å². The third-order valence-corrected chi connectivity index (χ3v) is 3.67. The second-order valence-electron chi connectivity index (χ2n) is 4.63. The molecule has 112 valence electrons. The van der Waals surface area contributed by atoms with Gasteiger partial charge in [0, 0.05) is 24.7 Å². The molecule has 1 aromatic heterocycles. The monoisotopic (exact) mass is 351 g/mol. The van der Waals surface area contributed by atoms with Gasteiger partial charge in [-0.1, -0.05) is 15.9 Å². The molecule has 0 aliphatic rings. The van der Waals surface area contributed by atoms with E-state index in [1.165, 1.54) is 0 Å². The van der Waals surface area contributed by atoms with Crippen molar-refractivity contribution in [2.75, 3.05) is 20.3 Å². The van der Waals surface area contributed by atoms with E-state index >= 15 is 0 Å². The van der Waals surface area contributed by atoms with E-state index in [-0.39, 0.29) is 5.91 Å². The van der Waals surface area contributed by atoms with Crippen LogP contribution in [0.15, 0.2) is 34.9 Å². The lowest BCUT2D eigenvalue weighted by Gasteiger charge is -2.06. The molecule has 21 heavy (non-hydrogen) atoms. The first-order chi connectivity index (χ1) is 10.1. The van der Waals surface area contributed by atoms with Crippen LogP contribution >= 0.6 is 15.9 Å². The molecule has 6 heteroatoms. The van der Waals surface area contributed by atoms with Crippen LogP contribution in [0.5, 0.6) is 0 Å². The SMILES string of the molecule is COCCCNC(=O)c1cnn(-c2ccc(Br)cc2)c1C. The lowest BCUT2D eigenvalue weighted by Crippen LogP contribution is -2.25. The zero-order chi connectivity index (χ0) is 15.2. The molecule has 0 saturated heterocycles. The molecule has 2 rings (SSSR count). The van der Waals surface area contributed by atoms with Gasteiger partial charge >= 0.3 is 0 Å². The maximum atomic E-state index is 12.1. The van der Waals surface area contributed by atoms with Crippen molar-refractivity contribution in [3.05, 3.63) is 46.2 Å². The highest BCUT2D eigenvalue weighted by atomic mass is 79.9. The van der Waals surface area contributed by atoms with Gasteiger partial charge in [0.2, 0.25) is 0 Å². The average Bonchev–Trinajstić information content (AvgIpc) is 2.86. The Morgan fingerprint density at radius 1 is 1.38 bits per heavy atom. The summed E-state index contributed by atoms with van der Waals surface area (Å²) in [5, 5.41) is 7.17. The third-order valence-electron chi connectivity index (χ3n) is 3.14. The Balaban J connectivity index is 2.09. The fraction of sp³-hybridized carbons (Fsp3) is 0.333. The van der Waals surface area contributed by atoms with E-state index in [1.807, 2.05) is 31.2 Å². The van der Waals surface area contributed by atoms with Crippen LogP contribution in [-0.2, 0) is 4.74 Å². The number of nitrogens with one attached hydrogen (secondary N) is 1. The molecule has 5 nitrogen and oxygen atoms in total. The van der Waals surface area contributed by atoms with E-state index in [9.17, 15) is 4.79 Å². The predicted molar refractivity (Wildman–Crippen MR) is 84.8 cm³/mol. The van der Waals surface area contributed by atoms with Crippen LogP contribution < -0.4 is 5.32 Å². The number of carbonyl (C=O) groups is 1. The van der Waals surface area contributed by atoms with Gasteiger partial charge in [-0.15, -0.1) is 0 Å². The van der Waals surface area contributed by atoms with Crippen LogP contribution in [0.1, 0.15) is 22.5 Å². The van der Waals surface area contributed by atoms with Crippen molar-refractivity contribution < 1.29 is 9.53 Å². The predicted octanol–water partition coefficient (Wildman–Crippen LogP) is 2.71. The van der Waals surface area contributed by atoms with Crippen LogP contribution in [0.3, 0.4) is 0 Å². The second kappa shape index (κ2) is 7.38. The van der Waals surface area contributed by atoms with Gasteiger partial charge in [0.05, 0.1) is 23.1 Å². The summed E-state index contributed by atoms with van der Waals surface area (Å²) in [6, 6.07) is 7.79. The van der Waals surface area contributed by atoms with Gasteiger partial charge < -0.3 is 10.1 Å². The summed E-state index contributed by atoms with van der Waals surface area (Å²) in [6.45, 7) is 3.12. The number of halogens is 1. The Hall–Kier alpha value is -1.66. The highest BCUT2D eigenvalue weighted by Crippen LogP contribution is 2.17. The molecule has 0 saturated carbocycles. The van der Waals surface area contributed by atoms with Crippen molar-refractivity contribution in [1.82, 2.24) is 15.1 Å². The van der Waals surface area contributed by atoms with Crippen molar-refractivity contribution in [3.63, 3.8) is 0 Å². The molecule has 0 fully saturated rings. The Morgan fingerprint density at radius 2 is 2.10 bits per heavy atom. The van der Waals surface area contributed by atoms with Gasteiger partial charge in [0.1, 0.15) is 0 Å². The van der Waals surface area contributed by atoms with Gasteiger partial charge in [-0.3, -0.25) is 4.79 Å². The number of benzene rings is 1. The van der Waals surface area contributed by atoms with Crippen LogP contribution in [-0.4, -0.2) is 35.9 Å². The van der Waals surface area contributed by atoms with Gasteiger partial charge in [-0.2, -0.15) is 5.10 Å². The number of hydrogen-bond acceptors (Lipinski definition) is 3. The number of aromatic nitrogens is 2. The van der Waals surface area contributed by atoms with E-state index in [4.69, 9.17) is 4.74 Å². The minimum Gasteiger partial charge on any atom is -0.385 e. The van der Waals surface area contributed by atoms with Crippen LogP contribution in [0.25, 0.3) is 5.69 Å². The van der Waals surface area contributed by atoms with Gasteiger partial charge in [0.15, 0.2) is 0 Å². The first kappa shape index (κ1) is 15.7. The first-order valence-corrected chi connectivity index (χ1v) is 7.50. The standard InChI is InChI=1S/C15H18BrN3O2/c1-11-14(15(20)17-8-3-9-21-2)10-18-19(11)13-6-4-12(16)5-7-13/h4-7,10H,3,8-9H2,1-2H3,(H,17,20). The molecule has 0 unspecified atom stereocenters. The number of amides is 1. The van der Waals surface area contributed by atoms with Crippen molar-refractivity contribution in [2.45, 2.75) is 13.3 Å². The zero-order valence-electron chi connectivity index (χ0n) is 12.1. The molecule has 0 aliphatic carbocycles. The van der Waals surface area contributed by atoms with Gasteiger partial charge in [-0.25, -0.2) is 4.68 Å². The molecule has 0 aliphatic heterocycles. The summed E-state index contributed by atoms with van der Waals surface area (Å²) in [7, 11) is 1.65. The van der Waals surface area contributed by atoms with Crippen LogP contribution in [0.4, 0.5) is 0 Å². The fourth-order valence-electron chi connectivity index (χ4n) is 1.99. The lowest BCUT2D eigenvalue weighted by atomic mass is 10.2. The van der Waals surface area contributed by atoms with E-state index in [0.717, 1.165) is 22.3 Å². The van der Waals surface area contributed by atoms with E-state index < -0.39 is 0 Å². The number of rotatable bonds is 6.